The maximum absolute atomic E-state index is 12.9. The Morgan fingerprint density at radius 3 is 2.87 bits per heavy atom. The first-order valence-corrected chi connectivity index (χ1v) is 10.1. The van der Waals surface area contributed by atoms with E-state index in [1.807, 2.05) is 42.6 Å². The van der Waals surface area contributed by atoms with Crippen LogP contribution in [0.4, 0.5) is 5.82 Å². The number of aromatic nitrogens is 4. The molecule has 1 amide bonds. The SMILES string of the molecule is NC1(C(=O)NCc2cnc3ccccc3c2)CCN(c2ncnc3[nH]ccc23)CC1. The summed E-state index contributed by atoms with van der Waals surface area (Å²) in [6.45, 7) is 1.74. The molecule has 1 aromatic carbocycles. The first-order chi connectivity index (χ1) is 14.6. The van der Waals surface area contributed by atoms with Crippen molar-refractivity contribution in [3.05, 3.63) is 60.7 Å². The van der Waals surface area contributed by atoms with Crippen LogP contribution in [0.15, 0.2) is 55.1 Å². The van der Waals surface area contributed by atoms with Gasteiger partial charge in [-0.05, 0) is 36.6 Å². The van der Waals surface area contributed by atoms with Crippen LogP contribution >= 0.6 is 0 Å². The summed E-state index contributed by atoms with van der Waals surface area (Å²) in [6.07, 6.45) is 6.33. The molecule has 0 bridgehead atoms. The van der Waals surface area contributed by atoms with Gasteiger partial charge in [-0.25, -0.2) is 9.97 Å². The second-order valence-electron chi connectivity index (χ2n) is 7.80. The molecule has 1 aliphatic heterocycles. The molecule has 1 aliphatic rings. The average molecular weight is 401 g/mol. The Labute approximate surface area is 173 Å². The van der Waals surface area contributed by atoms with Gasteiger partial charge in [0.05, 0.1) is 16.4 Å². The highest BCUT2D eigenvalue weighted by molar-refractivity contribution is 5.89. The second kappa shape index (κ2) is 7.38. The zero-order chi connectivity index (χ0) is 20.6. The van der Waals surface area contributed by atoms with Gasteiger partial charge in [0.25, 0.3) is 0 Å². The van der Waals surface area contributed by atoms with Crippen molar-refractivity contribution in [2.24, 2.45) is 5.73 Å². The number of benzene rings is 1. The molecule has 0 aliphatic carbocycles. The number of pyridine rings is 1. The summed E-state index contributed by atoms with van der Waals surface area (Å²) >= 11 is 0. The van der Waals surface area contributed by atoms with Crippen molar-refractivity contribution in [1.29, 1.82) is 0 Å². The van der Waals surface area contributed by atoms with Crippen LogP contribution in [0.25, 0.3) is 21.9 Å². The van der Waals surface area contributed by atoms with Crippen molar-refractivity contribution >= 4 is 33.7 Å². The summed E-state index contributed by atoms with van der Waals surface area (Å²) in [5.41, 5.74) is 8.32. The van der Waals surface area contributed by atoms with E-state index >= 15 is 0 Å². The minimum Gasteiger partial charge on any atom is -0.356 e. The molecule has 8 heteroatoms. The maximum Gasteiger partial charge on any atom is 0.240 e. The lowest BCUT2D eigenvalue weighted by Gasteiger charge is -2.38. The number of hydrogen-bond acceptors (Lipinski definition) is 6. The molecular formula is C22H23N7O. The largest absolute Gasteiger partial charge is 0.356 e. The number of carbonyl (C=O) groups is 1. The van der Waals surface area contributed by atoms with Crippen LogP contribution < -0.4 is 16.0 Å². The van der Waals surface area contributed by atoms with Crippen LogP contribution in [0.2, 0.25) is 0 Å². The number of rotatable bonds is 4. The number of piperidine rings is 1. The Morgan fingerprint density at radius 2 is 2.00 bits per heavy atom. The molecule has 0 unspecified atom stereocenters. The number of hydrogen-bond donors (Lipinski definition) is 3. The maximum atomic E-state index is 12.9. The summed E-state index contributed by atoms with van der Waals surface area (Å²) < 4.78 is 0. The van der Waals surface area contributed by atoms with Crippen LogP contribution in [0.1, 0.15) is 18.4 Å². The fourth-order valence-electron chi connectivity index (χ4n) is 4.03. The van der Waals surface area contributed by atoms with Crippen LogP contribution in [-0.2, 0) is 11.3 Å². The van der Waals surface area contributed by atoms with E-state index in [9.17, 15) is 4.79 Å². The zero-order valence-corrected chi connectivity index (χ0v) is 16.5. The normalized spacial score (nSPS) is 16.1. The molecule has 0 radical (unpaired) electrons. The molecule has 8 nitrogen and oxygen atoms in total. The number of aromatic amines is 1. The average Bonchev–Trinajstić information content (AvgIpc) is 3.27. The van der Waals surface area contributed by atoms with E-state index in [4.69, 9.17) is 5.73 Å². The smallest absolute Gasteiger partial charge is 0.240 e. The first kappa shape index (κ1) is 18.5. The van der Waals surface area contributed by atoms with Gasteiger partial charge in [0.15, 0.2) is 0 Å². The van der Waals surface area contributed by atoms with Crippen LogP contribution in [0, 0.1) is 0 Å². The van der Waals surface area contributed by atoms with E-state index in [1.54, 1.807) is 12.5 Å². The van der Waals surface area contributed by atoms with Gasteiger partial charge in [0, 0.05) is 37.4 Å². The fourth-order valence-corrected chi connectivity index (χ4v) is 4.03. The van der Waals surface area contributed by atoms with Crippen molar-refractivity contribution in [3.8, 4) is 0 Å². The van der Waals surface area contributed by atoms with Gasteiger partial charge in [0.2, 0.25) is 5.91 Å². The summed E-state index contributed by atoms with van der Waals surface area (Å²) in [7, 11) is 0. The van der Waals surface area contributed by atoms with E-state index in [0.29, 0.717) is 32.5 Å². The quantitative estimate of drug-likeness (QED) is 0.483. The monoisotopic (exact) mass is 401 g/mol. The number of amides is 1. The van der Waals surface area contributed by atoms with Crippen molar-refractivity contribution in [1.82, 2.24) is 25.3 Å². The number of nitrogens with one attached hydrogen (secondary N) is 2. The van der Waals surface area contributed by atoms with Gasteiger partial charge in [-0.1, -0.05) is 18.2 Å². The Morgan fingerprint density at radius 1 is 1.17 bits per heavy atom. The third kappa shape index (κ3) is 3.35. The first-order valence-electron chi connectivity index (χ1n) is 10.1. The molecule has 1 fully saturated rings. The van der Waals surface area contributed by atoms with E-state index in [2.05, 4.69) is 30.2 Å². The van der Waals surface area contributed by atoms with Crippen molar-refractivity contribution in [2.75, 3.05) is 18.0 Å². The summed E-state index contributed by atoms with van der Waals surface area (Å²) in [6, 6.07) is 11.9. The predicted molar refractivity (Wildman–Crippen MR) is 116 cm³/mol. The summed E-state index contributed by atoms with van der Waals surface area (Å²) in [5.74, 6) is 0.760. The lowest BCUT2D eigenvalue weighted by atomic mass is 9.87. The number of carbonyl (C=O) groups excluding carboxylic acids is 1. The minimum atomic E-state index is -0.884. The van der Waals surface area contributed by atoms with Gasteiger partial charge in [-0.2, -0.15) is 0 Å². The zero-order valence-electron chi connectivity index (χ0n) is 16.5. The molecule has 0 atom stereocenters. The highest BCUT2D eigenvalue weighted by atomic mass is 16.2. The molecular weight excluding hydrogens is 378 g/mol. The Bertz CT molecular complexity index is 1210. The van der Waals surface area contributed by atoms with Gasteiger partial charge in [-0.3, -0.25) is 9.78 Å². The van der Waals surface area contributed by atoms with Gasteiger partial charge in [0.1, 0.15) is 17.8 Å². The second-order valence-corrected chi connectivity index (χ2v) is 7.80. The third-order valence-corrected chi connectivity index (χ3v) is 5.84. The Hall–Kier alpha value is -3.52. The number of nitrogens with zero attached hydrogens (tertiary/aromatic N) is 4. The highest BCUT2D eigenvalue weighted by Crippen LogP contribution is 2.28. The molecule has 0 saturated carbocycles. The molecule has 4 N–H and O–H groups in total. The molecule has 4 aromatic rings. The van der Waals surface area contributed by atoms with Gasteiger partial charge >= 0.3 is 0 Å². The Balaban J connectivity index is 1.23. The van der Waals surface area contributed by atoms with Crippen LogP contribution in [0.5, 0.6) is 0 Å². The molecule has 152 valence electrons. The molecule has 30 heavy (non-hydrogen) atoms. The molecule has 5 rings (SSSR count). The number of H-pyrrole nitrogens is 1. The molecule has 3 aromatic heterocycles. The van der Waals surface area contributed by atoms with Crippen molar-refractivity contribution < 1.29 is 4.79 Å². The topological polar surface area (TPSA) is 113 Å². The highest BCUT2D eigenvalue weighted by Gasteiger charge is 2.38. The van der Waals surface area contributed by atoms with E-state index in [-0.39, 0.29) is 5.91 Å². The van der Waals surface area contributed by atoms with Crippen LogP contribution in [-0.4, -0.2) is 44.5 Å². The number of anilines is 1. The summed E-state index contributed by atoms with van der Waals surface area (Å²) in [4.78, 5) is 31.3. The van der Waals surface area contributed by atoms with E-state index in [1.165, 1.54) is 0 Å². The Kier molecular flexibility index (Phi) is 4.55. The molecule has 0 spiro atoms. The van der Waals surface area contributed by atoms with Crippen LogP contribution in [0.3, 0.4) is 0 Å². The number of nitrogens with two attached hydrogens (primary N) is 1. The molecule has 4 heterocycles. The van der Waals surface area contributed by atoms with Gasteiger partial charge < -0.3 is 20.9 Å². The lowest BCUT2D eigenvalue weighted by Crippen LogP contribution is -2.59. The standard InChI is InChI=1S/C22H23N7O/c23-22(21(30)26-13-15-11-16-3-1-2-4-18(16)25-12-15)6-9-29(10-7-22)20-17-5-8-24-19(17)27-14-28-20/h1-5,8,11-12,14H,6-7,9-10,13,23H2,(H,26,30)(H,24,27,28). The fraction of sp³-hybridized carbons (Fsp3) is 0.273. The predicted octanol–water partition coefficient (Wildman–Crippen LogP) is 2.12. The number of fused-ring (bicyclic) bond motifs is 2. The van der Waals surface area contributed by atoms with Gasteiger partial charge in [-0.15, -0.1) is 0 Å². The summed E-state index contributed by atoms with van der Waals surface area (Å²) in [5, 5.41) is 5.04. The van der Waals surface area contributed by atoms with E-state index in [0.717, 1.165) is 33.3 Å². The van der Waals surface area contributed by atoms with Crippen molar-refractivity contribution in [2.45, 2.75) is 24.9 Å². The third-order valence-electron chi connectivity index (χ3n) is 5.84. The lowest BCUT2D eigenvalue weighted by molar-refractivity contribution is -0.127. The number of para-hydroxylation sites is 1. The van der Waals surface area contributed by atoms with Crippen molar-refractivity contribution in [3.63, 3.8) is 0 Å². The minimum absolute atomic E-state index is 0.121. The van der Waals surface area contributed by atoms with E-state index < -0.39 is 5.54 Å². The molecule has 1 saturated heterocycles.